The zero-order valence-corrected chi connectivity index (χ0v) is 14.9. The zero-order chi connectivity index (χ0) is 16.5. The molecule has 0 unspecified atom stereocenters. The van der Waals surface area contributed by atoms with Crippen LogP contribution in [-0.4, -0.2) is 56.5 Å². The summed E-state index contributed by atoms with van der Waals surface area (Å²) in [5.41, 5.74) is -0.143. The number of nitrogens with one attached hydrogen (secondary N) is 1. The SMILES string of the molecule is COCCN(CCNCCC(C)(C)C)C(=O)OC(C)(C)C. The van der Waals surface area contributed by atoms with Gasteiger partial charge in [-0.2, -0.15) is 0 Å². The Morgan fingerprint density at radius 1 is 1.05 bits per heavy atom. The fraction of sp³-hybridized carbons (Fsp3) is 0.938. The van der Waals surface area contributed by atoms with Crippen molar-refractivity contribution in [2.75, 3.05) is 39.9 Å². The van der Waals surface area contributed by atoms with Crippen LogP contribution < -0.4 is 5.32 Å². The van der Waals surface area contributed by atoms with Crippen molar-refractivity contribution in [2.45, 2.75) is 53.6 Å². The van der Waals surface area contributed by atoms with E-state index < -0.39 is 5.60 Å². The van der Waals surface area contributed by atoms with Crippen molar-refractivity contribution in [1.29, 1.82) is 0 Å². The number of amides is 1. The number of ether oxygens (including phenoxy) is 2. The number of hydrogen-bond acceptors (Lipinski definition) is 4. The van der Waals surface area contributed by atoms with Gasteiger partial charge in [-0.25, -0.2) is 4.79 Å². The summed E-state index contributed by atoms with van der Waals surface area (Å²) in [6, 6.07) is 0. The largest absolute Gasteiger partial charge is 0.444 e. The minimum absolute atomic E-state index is 0.280. The Kier molecular flexibility index (Phi) is 8.90. The molecule has 0 saturated heterocycles. The number of carbonyl (C=O) groups excluding carboxylic acids is 1. The molecule has 0 heterocycles. The van der Waals surface area contributed by atoms with E-state index in [2.05, 4.69) is 26.1 Å². The predicted molar refractivity (Wildman–Crippen MR) is 86.6 cm³/mol. The molecule has 0 bridgehead atoms. The number of carbonyl (C=O) groups is 1. The first kappa shape index (κ1) is 20.2. The summed E-state index contributed by atoms with van der Waals surface area (Å²) in [7, 11) is 1.63. The molecule has 1 N–H and O–H groups in total. The highest BCUT2D eigenvalue weighted by Gasteiger charge is 2.21. The van der Waals surface area contributed by atoms with E-state index in [9.17, 15) is 4.79 Å². The third kappa shape index (κ3) is 12.6. The van der Waals surface area contributed by atoms with E-state index in [1.807, 2.05) is 20.8 Å². The van der Waals surface area contributed by atoms with Crippen molar-refractivity contribution in [1.82, 2.24) is 10.2 Å². The predicted octanol–water partition coefficient (Wildman–Crippen LogP) is 2.90. The molecule has 5 heteroatoms. The van der Waals surface area contributed by atoms with Gasteiger partial charge in [0.05, 0.1) is 6.61 Å². The van der Waals surface area contributed by atoms with E-state index >= 15 is 0 Å². The second-order valence-electron chi connectivity index (χ2n) is 7.52. The summed E-state index contributed by atoms with van der Waals surface area (Å²) in [5.74, 6) is 0. The summed E-state index contributed by atoms with van der Waals surface area (Å²) in [6.07, 6.45) is 0.828. The first-order valence-corrected chi connectivity index (χ1v) is 7.73. The monoisotopic (exact) mass is 302 g/mol. The fourth-order valence-electron chi connectivity index (χ4n) is 1.62. The molecule has 0 aromatic carbocycles. The van der Waals surface area contributed by atoms with Crippen LogP contribution in [0.2, 0.25) is 0 Å². The van der Waals surface area contributed by atoms with Crippen LogP contribution >= 0.6 is 0 Å². The smallest absolute Gasteiger partial charge is 0.410 e. The van der Waals surface area contributed by atoms with Gasteiger partial charge in [0.1, 0.15) is 5.60 Å². The van der Waals surface area contributed by atoms with E-state index in [0.29, 0.717) is 25.1 Å². The minimum Gasteiger partial charge on any atom is -0.444 e. The summed E-state index contributed by atoms with van der Waals surface area (Å²) in [6.45, 7) is 15.7. The molecular formula is C16H34N2O3. The molecule has 5 nitrogen and oxygen atoms in total. The maximum Gasteiger partial charge on any atom is 0.410 e. The quantitative estimate of drug-likeness (QED) is 0.701. The highest BCUT2D eigenvalue weighted by molar-refractivity contribution is 5.68. The topological polar surface area (TPSA) is 50.8 Å². The van der Waals surface area contributed by atoms with Gasteiger partial charge in [0.15, 0.2) is 0 Å². The molecule has 0 atom stereocenters. The molecule has 126 valence electrons. The van der Waals surface area contributed by atoms with Crippen LogP contribution in [0.4, 0.5) is 4.79 Å². The Balaban J connectivity index is 4.15. The lowest BCUT2D eigenvalue weighted by molar-refractivity contribution is 0.0204. The Morgan fingerprint density at radius 3 is 2.14 bits per heavy atom. The Morgan fingerprint density at radius 2 is 1.67 bits per heavy atom. The first-order valence-electron chi connectivity index (χ1n) is 7.73. The average molecular weight is 302 g/mol. The van der Waals surface area contributed by atoms with Gasteiger partial charge in [0, 0.05) is 26.7 Å². The van der Waals surface area contributed by atoms with Crippen LogP contribution in [0.3, 0.4) is 0 Å². The molecule has 0 fully saturated rings. The van der Waals surface area contributed by atoms with Crippen molar-refractivity contribution in [3.63, 3.8) is 0 Å². The summed E-state index contributed by atoms with van der Waals surface area (Å²) < 4.78 is 10.5. The van der Waals surface area contributed by atoms with Gasteiger partial charge in [-0.05, 0) is 39.2 Å². The van der Waals surface area contributed by atoms with Crippen molar-refractivity contribution in [2.24, 2.45) is 5.41 Å². The molecule has 0 aromatic rings. The Labute approximate surface area is 130 Å². The molecule has 0 aliphatic rings. The second-order valence-corrected chi connectivity index (χ2v) is 7.52. The van der Waals surface area contributed by atoms with Gasteiger partial charge in [-0.15, -0.1) is 0 Å². The van der Waals surface area contributed by atoms with E-state index in [1.165, 1.54) is 0 Å². The maximum atomic E-state index is 12.1. The van der Waals surface area contributed by atoms with E-state index in [0.717, 1.165) is 19.5 Å². The van der Waals surface area contributed by atoms with Gasteiger partial charge in [0.25, 0.3) is 0 Å². The molecule has 1 amide bonds. The number of hydrogen-bond donors (Lipinski definition) is 1. The number of methoxy groups -OCH3 is 1. The molecule has 0 radical (unpaired) electrons. The lowest BCUT2D eigenvalue weighted by Gasteiger charge is -2.27. The minimum atomic E-state index is -0.470. The number of nitrogens with zero attached hydrogens (tertiary/aromatic N) is 1. The summed E-state index contributed by atoms with van der Waals surface area (Å²) in [5, 5.41) is 3.38. The van der Waals surface area contributed by atoms with Gasteiger partial charge in [-0.1, -0.05) is 20.8 Å². The highest BCUT2D eigenvalue weighted by Crippen LogP contribution is 2.16. The third-order valence-corrected chi connectivity index (χ3v) is 2.83. The maximum absolute atomic E-state index is 12.1. The molecule has 21 heavy (non-hydrogen) atoms. The molecule has 0 aliphatic carbocycles. The zero-order valence-electron chi connectivity index (χ0n) is 14.9. The second kappa shape index (κ2) is 9.26. The molecule has 0 aliphatic heterocycles. The van der Waals surface area contributed by atoms with Gasteiger partial charge in [0.2, 0.25) is 0 Å². The highest BCUT2D eigenvalue weighted by atomic mass is 16.6. The van der Waals surface area contributed by atoms with Crippen LogP contribution in [0.1, 0.15) is 48.0 Å². The molecule has 0 rings (SSSR count). The van der Waals surface area contributed by atoms with Gasteiger partial charge in [-0.3, -0.25) is 0 Å². The lowest BCUT2D eigenvalue weighted by atomic mass is 9.92. The lowest BCUT2D eigenvalue weighted by Crippen LogP contribution is -2.42. The normalized spacial score (nSPS) is 12.3. The molecule has 0 saturated carbocycles. The average Bonchev–Trinajstić information content (AvgIpc) is 2.28. The van der Waals surface area contributed by atoms with E-state index in [-0.39, 0.29) is 6.09 Å². The fourth-order valence-corrected chi connectivity index (χ4v) is 1.62. The third-order valence-electron chi connectivity index (χ3n) is 2.83. The van der Waals surface area contributed by atoms with Crippen LogP contribution in [0.5, 0.6) is 0 Å². The Hall–Kier alpha value is -0.810. The number of rotatable bonds is 8. The van der Waals surface area contributed by atoms with E-state index in [1.54, 1.807) is 12.0 Å². The molecular weight excluding hydrogens is 268 g/mol. The van der Waals surface area contributed by atoms with Crippen LogP contribution in [-0.2, 0) is 9.47 Å². The van der Waals surface area contributed by atoms with Crippen molar-refractivity contribution in [3.8, 4) is 0 Å². The molecule has 0 aromatic heterocycles. The van der Waals surface area contributed by atoms with Gasteiger partial charge < -0.3 is 19.7 Å². The van der Waals surface area contributed by atoms with Crippen LogP contribution in [0.25, 0.3) is 0 Å². The molecule has 0 spiro atoms. The summed E-state index contributed by atoms with van der Waals surface area (Å²) in [4.78, 5) is 13.8. The van der Waals surface area contributed by atoms with E-state index in [4.69, 9.17) is 9.47 Å². The first-order chi connectivity index (χ1) is 9.55. The van der Waals surface area contributed by atoms with Crippen molar-refractivity contribution >= 4 is 6.09 Å². The summed E-state index contributed by atoms with van der Waals surface area (Å²) >= 11 is 0. The standard InChI is InChI=1S/C16H34N2O3/c1-15(2,3)8-9-17-10-11-18(12-13-20-7)14(19)21-16(4,5)6/h17H,8-13H2,1-7H3. The van der Waals surface area contributed by atoms with Crippen molar-refractivity contribution in [3.05, 3.63) is 0 Å². The van der Waals surface area contributed by atoms with Gasteiger partial charge >= 0.3 is 6.09 Å². The Bertz CT molecular complexity index is 293. The van der Waals surface area contributed by atoms with Crippen LogP contribution in [0, 0.1) is 5.41 Å². The van der Waals surface area contributed by atoms with Crippen LogP contribution in [0.15, 0.2) is 0 Å². The van der Waals surface area contributed by atoms with Crippen molar-refractivity contribution < 1.29 is 14.3 Å².